The Morgan fingerprint density at radius 2 is 2.00 bits per heavy atom. The molecule has 0 saturated heterocycles. The van der Waals surface area contributed by atoms with Gasteiger partial charge < -0.3 is 5.32 Å². The molecule has 164 valence electrons. The zero-order valence-corrected chi connectivity index (χ0v) is 18.2. The van der Waals surface area contributed by atoms with Crippen LogP contribution in [-0.4, -0.2) is 31.6 Å². The van der Waals surface area contributed by atoms with Crippen molar-refractivity contribution in [3.05, 3.63) is 47.1 Å². The van der Waals surface area contributed by atoms with E-state index in [4.69, 9.17) is 11.6 Å². The summed E-state index contributed by atoms with van der Waals surface area (Å²) in [5.41, 5.74) is -0.711. The Hall–Kier alpha value is -1.82. The highest BCUT2D eigenvalue weighted by Gasteiger charge is 2.31. The third kappa shape index (κ3) is 7.15. The molecule has 1 heterocycles. The fourth-order valence-electron chi connectivity index (χ4n) is 2.23. The van der Waals surface area contributed by atoms with Crippen LogP contribution < -0.4 is 10.0 Å². The highest BCUT2D eigenvalue weighted by molar-refractivity contribution is 8.00. The van der Waals surface area contributed by atoms with E-state index >= 15 is 0 Å². The first-order chi connectivity index (χ1) is 14.0. The Morgan fingerprint density at radius 1 is 1.27 bits per heavy atom. The maximum atomic E-state index is 12.6. The molecule has 12 heteroatoms. The lowest BCUT2D eigenvalue weighted by atomic mass is 10.3. The van der Waals surface area contributed by atoms with Crippen molar-refractivity contribution in [2.45, 2.75) is 35.9 Å². The Balaban J connectivity index is 1.99. The molecular formula is C18H19ClF3N3O3S2. The SMILES string of the molecule is CCCCNS(=O)(=O)c1cccc(NC(=O)CSc2ncc(C(F)(F)F)cc2Cl)c1. The highest BCUT2D eigenvalue weighted by atomic mass is 35.5. The molecule has 0 bridgehead atoms. The van der Waals surface area contributed by atoms with Gasteiger partial charge in [0.05, 0.1) is 21.2 Å². The number of halogens is 4. The molecule has 0 aliphatic heterocycles. The van der Waals surface area contributed by atoms with Crippen LogP contribution >= 0.6 is 23.4 Å². The van der Waals surface area contributed by atoms with Gasteiger partial charge in [0.15, 0.2) is 0 Å². The minimum absolute atomic E-state index is 0.0107. The van der Waals surface area contributed by atoms with Crippen molar-refractivity contribution in [3.8, 4) is 0 Å². The minimum atomic E-state index is -4.56. The molecule has 2 aromatic rings. The summed E-state index contributed by atoms with van der Waals surface area (Å²) < 4.78 is 64.9. The number of alkyl halides is 3. The van der Waals surface area contributed by atoms with Crippen LogP contribution in [0.25, 0.3) is 0 Å². The number of benzene rings is 1. The number of thioether (sulfide) groups is 1. The summed E-state index contributed by atoms with van der Waals surface area (Å²) in [5.74, 6) is -0.671. The fourth-order valence-corrected chi connectivity index (χ4v) is 4.34. The van der Waals surface area contributed by atoms with Crippen molar-refractivity contribution < 1.29 is 26.4 Å². The maximum Gasteiger partial charge on any atom is 0.417 e. The smallest absolute Gasteiger partial charge is 0.325 e. The number of sulfonamides is 1. The zero-order valence-electron chi connectivity index (χ0n) is 15.8. The predicted molar refractivity (Wildman–Crippen MR) is 110 cm³/mol. The first-order valence-electron chi connectivity index (χ1n) is 8.78. The van der Waals surface area contributed by atoms with E-state index in [-0.39, 0.29) is 26.4 Å². The monoisotopic (exact) mass is 481 g/mol. The van der Waals surface area contributed by atoms with Gasteiger partial charge in [0.25, 0.3) is 0 Å². The van der Waals surface area contributed by atoms with Gasteiger partial charge in [-0.25, -0.2) is 18.1 Å². The van der Waals surface area contributed by atoms with E-state index in [1.807, 2.05) is 6.92 Å². The van der Waals surface area contributed by atoms with Crippen LogP contribution in [-0.2, 0) is 21.0 Å². The van der Waals surface area contributed by atoms with Crippen molar-refractivity contribution in [2.75, 3.05) is 17.6 Å². The van der Waals surface area contributed by atoms with Gasteiger partial charge in [-0.1, -0.05) is 42.8 Å². The molecule has 2 rings (SSSR count). The molecule has 2 N–H and O–H groups in total. The van der Waals surface area contributed by atoms with Gasteiger partial charge in [-0.2, -0.15) is 13.2 Å². The van der Waals surface area contributed by atoms with Crippen LogP contribution in [0.15, 0.2) is 46.5 Å². The average Bonchev–Trinajstić information content (AvgIpc) is 2.66. The summed E-state index contributed by atoms with van der Waals surface area (Å²) in [6, 6.07) is 6.49. The topological polar surface area (TPSA) is 88.2 Å². The predicted octanol–water partition coefficient (Wildman–Crippen LogP) is 4.56. The summed E-state index contributed by atoms with van der Waals surface area (Å²) >= 11 is 6.68. The third-order valence-corrected chi connectivity index (χ3v) is 6.59. The molecule has 0 saturated carbocycles. The van der Waals surface area contributed by atoms with E-state index in [2.05, 4.69) is 15.0 Å². The molecule has 30 heavy (non-hydrogen) atoms. The largest absolute Gasteiger partial charge is 0.417 e. The van der Waals surface area contributed by atoms with Crippen molar-refractivity contribution in [3.63, 3.8) is 0 Å². The number of carbonyl (C=O) groups excluding carboxylic acids is 1. The Morgan fingerprint density at radius 3 is 2.63 bits per heavy atom. The van der Waals surface area contributed by atoms with E-state index in [1.165, 1.54) is 24.3 Å². The van der Waals surface area contributed by atoms with Crippen LogP contribution in [0.5, 0.6) is 0 Å². The zero-order chi connectivity index (χ0) is 22.4. The van der Waals surface area contributed by atoms with Gasteiger partial charge in [-0.05, 0) is 30.7 Å². The van der Waals surface area contributed by atoms with Crippen molar-refractivity contribution >= 4 is 45.0 Å². The third-order valence-electron chi connectivity index (χ3n) is 3.73. The minimum Gasteiger partial charge on any atom is -0.325 e. The molecule has 0 aliphatic carbocycles. The number of aromatic nitrogens is 1. The first kappa shape index (κ1) is 24.4. The second kappa shape index (κ2) is 10.5. The summed E-state index contributed by atoms with van der Waals surface area (Å²) in [6.45, 7) is 2.25. The molecule has 6 nitrogen and oxygen atoms in total. The van der Waals surface area contributed by atoms with Crippen LogP contribution in [0.4, 0.5) is 18.9 Å². The van der Waals surface area contributed by atoms with Crippen molar-refractivity contribution in [1.82, 2.24) is 9.71 Å². The van der Waals surface area contributed by atoms with Crippen LogP contribution in [0.2, 0.25) is 5.02 Å². The molecule has 0 aliphatic rings. The number of rotatable bonds is 9. The molecule has 0 unspecified atom stereocenters. The number of nitrogens with zero attached hydrogens (tertiary/aromatic N) is 1. The van der Waals surface area contributed by atoms with Crippen molar-refractivity contribution in [1.29, 1.82) is 0 Å². The summed E-state index contributed by atoms with van der Waals surface area (Å²) in [4.78, 5) is 15.8. The molecule has 0 fully saturated rings. The van der Waals surface area contributed by atoms with Crippen molar-refractivity contribution in [2.24, 2.45) is 0 Å². The van der Waals surface area contributed by atoms with Crippen LogP contribution in [0, 0.1) is 0 Å². The van der Waals surface area contributed by atoms with E-state index in [0.29, 0.717) is 19.2 Å². The van der Waals surface area contributed by atoms with Gasteiger partial charge in [-0.3, -0.25) is 4.79 Å². The number of carbonyl (C=O) groups is 1. The van der Waals surface area contributed by atoms with Crippen LogP contribution in [0.3, 0.4) is 0 Å². The van der Waals surface area contributed by atoms with E-state index in [1.54, 1.807) is 0 Å². The average molecular weight is 482 g/mol. The number of hydrogen-bond donors (Lipinski definition) is 2. The quantitative estimate of drug-likeness (QED) is 0.405. The lowest BCUT2D eigenvalue weighted by molar-refractivity contribution is -0.137. The Kier molecular flexibility index (Phi) is 8.53. The molecule has 1 aromatic carbocycles. The molecule has 1 amide bonds. The fraction of sp³-hybridized carbons (Fsp3) is 0.333. The molecule has 0 atom stereocenters. The van der Waals surface area contributed by atoms with Gasteiger partial charge in [-0.15, -0.1) is 0 Å². The molecule has 0 radical (unpaired) electrons. The number of unbranched alkanes of at least 4 members (excludes halogenated alkanes) is 1. The first-order valence-corrected chi connectivity index (χ1v) is 11.6. The van der Waals surface area contributed by atoms with Gasteiger partial charge in [0.1, 0.15) is 5.03 Å². The number of anilines is 1. The number of pyridine rings is 1. The van der Waals surface area contributed by atoms with Gasteiger partial charge >= 0.3 is 6.18 Å². The lowest BCUT2D eigenvalue weighted by Crippen LogP contribution is -2.25. The van der Waals surface area contributed by atoms with E-state index in [0.717, 1.165) is 24.2 Å². The number of hydrogen-bond acceptors (Lipinski definition) is 5. The normalized spacial score (nSPS) is 12.0. The van der Waals surface area contributed by atoms with Gasteiger partial charge in [0, 0.05) is 18.4 Å². The molecular weight excluding hydrogens is 463 g/mol. The molecule has 0 spiro atoms. The maximum absolute atomic E-state index is 12.6. The number of amides is 1. The summed E-state index contributed by atoms with van der Waals surface area (Å²) in [5, 5.41) is 2.41. The van der Waals surface area contributed by atoms with Crippen LogP contribution in [0.1, 0.15) is 25.3 Å². The molecule has 1 aromatic heterocycles. The van der Waals surface area contributed by atoms with E-state index in [9.17, 15) is 26.4 Å². The number of nitrogens with one attached hydrogen (secondary N) is 2. The Bertz CT molecular complexity index is 1000. The van der Waals surface area contributed by atoms with Gasteiger partial charge in [0.2, 0.25) is 15.9 Å². The van der Waals surface area contributed by atoms with E-state index < -0.39 is 27.7 Å². The summed E-state index contributed by atoms with van der Waals surface area (Å²) in [6.07, 6.45) is -2.37. The second-order valence-corrected chi connectivity index (χ2v) is 9.26. The standard InChI is InChI=1S/C18H19ClF3N3O3S2/c1-2-3-7-24-30(27,28)14-6-4-5-13(9-14)25-16(26)11-29-17-15(19)8-12(10-23-17)18(20,21)22/h4-6,8-10,24H,2-3,7,11H2,1H3,(H,25,26). The second-order valence-electron chi connectivity index (χ2n) is 6.12. The Labute approximate surface area is 181 Å². The summed E-state index contributed by atoms with van der Waals surface area (Å²) in [7, 11) is -3.69. The highest BCUT2D eigenvalue weighted by Crippen LogP contribution is 2.33. The lowest BCUT2D eigenvalue weighted by Gasteiger charge is -2.10.